The molecule has 2 aromatic carbocycles. The zero-order valence-corrected chi connectivity index (χ0v) is 15.0. The third kappa shape index (κ3) is 2.75. The van der Waals surface area contributed by atoms with Gasteiger partial charge in [0.1, 0.15) is 0 Å². The topological polar surface area (TPSA) is 58.1 Å². The van der Waals surface area contributed by atoms with E-state index >= 15 is 0 Å². The number of carbonyl (C=O) groups is 1. The van der Waals surface area contributed by atoms with Crippen LogP contribution in [0.15, 0.2) is 53.3 Å². The van der Waals surface area contributed by atoms with Crippen LogP contribution in [0.5, 0.6) is 0 Å². The Balaban J connectivity index is 1.64. The van der Waals surface area contributed by atoms with E-state index in [2.05, 4.69) is 5.10 Å². The van der Waals surface area contributed by atoms with Crippen molar-refractivity contribution in [3.8, 4) is 5.69 Å². The van der Waals surface area contributed by atoms with Crippen molar-refractivity contribution in [3.63, 3.8) is 0 Å². The molecule has 0 aliphatic carbocycles. The second-order valence-corrected chi connectivity index (χ2v) is 6.82. The zero-order chi connectivity index (χ0) is 18.3. The van der Waals surface area contributed by atoms with Crippen LogP contribution in [0.4, 0.5) is 0 Å². The second kappa shape index (κ2) is 6.33. The summed E-state index contributed by atoms with van der Waals surface area (Å²) in [6, 6.07) is 15.3. The van der Waals surface area contributed by atoms with Crippen LogP contribution < -0.4 is 5.56 Å². The van der Waals surface area contributed by atoms with Crippen molar-refractivity contribution in [1.29, 1.82) is 0 Å². The predicted octanol–water partition coefficient (Wildman–Crippen LogP) is 2.98. The first-order valence-corrected chi connectivity index (χ1v) is 8.79. The fraction of sp³-hybridized carbons (Fsp3) is 0.238. The molecule has 0 spiro atoms. The number of carbonyl (C=O) groups excluding carboxylic acids is 1. The van der Waals surface area contributed by atoms with Gasteiger partial charge in [-0.2, -0.15) is 0 Å². The second-order valence-electron chi connectivity index (χ2n) is 6.82. The zero-order valence-electron chi connectivity index (χ0n) is 15.0. The van der Waals surface area contributed by atoms with E-state index in [0.29, 0.717) is 30.6 Å². The van der Waals surface area contributed by atoms with Crippen molar-refractivity contribution in [2.45, 2.75) is 26.8 Å². The monoisotopic (exact) mass is 347 g/mol. The summed E-state index contributed by atoms with van der Waals surface area (Å²) in [7, 11) is 0. The summed E-state index contributed by atoms with van der Waals surface area (Å²) in [6.45, 7) is 4.98. The van der Waals surface area contributed by atoms with Gasteiger partial charge in [0.05, 0.1) is 17.8 Å². The summed E-state index contributed by atoms with van der Waals surface area (Å²) in [5, 5.41) is 3.20. The van der Waals surface area contributed by atoms with Crippen LogP contribution in [0.3, 0.4) is 0 Å². The van der Waals surface area contributed by atoms with E-state index in [-0.39, 0.29) is 11.5 Å². The molecule has 0 fully saturated rings. The van der Waals surface area contributed by atoms with E-state index in [1.54, 1.807) is 9.58 Å². The average Bonchev–Trinajstić information content (AvgIpc) is 3.00. The standard InChI is InChI=1S/C21H21N3O2/c1-14-8-9-16(12-15(14)2)20(25)23-11-10-19-18(13-23)21(26)24(22-19)17-6-4-3-5-7-17/h3-9,12,22H,10-11,13H2,1-2H3. The minimum Gasteiger partial charge on any atom is -0.334 e. The molecule has 5 heteroatoms. The van der Waals surface area contributed by atoms with Gasteiger partial charge in [0.25, 0.3) is 11.5 Å². The van der Waals surface area contributed by atoms with Gasteiger partial charge in [0, 0.05) is 24.2 Å². The number of aromatic amines is 1. The molecule has 0 atom stereocenters. The van der Waals surface area contributed by atoms with E-state index in [0.717, 1.165) is 16.9 Å². The minimum absolute atomic E-state index is 0.0226. The Bertz CT molecular complexity index is 1030. The molecule has 1 amide bonds. The molecule has 5 nitrogen and oxygen atoms in total. The lowest BCUT2D eigenvalue weighted by atomic mass is 10.0. The summed E-state index contributed by atoms with van der Waals surface area (Å²) in [6.07, 6.45) is 0.654. The quantitative estimate of drug-likeness (QED) is 0.775. The fourth-order valence-electron chi connectivity index (χ4n) is 3.39. The van der Waals surface area contributed by atoms with Gasteiger partial charge in [-0.15, -0.1) is 0 Å². The normalized spacial score (nSPS) is 13.5. The lowest BCUT2D eigenvalue weighted by Gasteiger charge is -2.26. The molecule has 1 aliphatic rings. The van der Waals surface area contributed by atoms with Crippen molar-refractivity contribution in [3.05, 3.63) is 86.8 Å². The number of fused-ring (bicyclic) bond motifs is 1. The van der Waals surface area contributed by atoms with Gasteiger partial charge in [-0.3, -0.25) is 14.7 Å². The summed E-state index contributed by atoms with van der Waals surface area (Å²) >= 11 is 0. The first kappa shape index (κ1) is 16.4. The smallest absolute Gasteiger partial charge is 0.276 e. The highest BCUT2D eigenvalue weighted by atomic mass is 16.2. The van der Waals surface area contributed by atoms with Gasteiger partial charge in [0.15, 0.2) is 0 Å². The molecule has 26 heavy (non-hydrogen) atoms. The molecular formula is C21H21N3O2. The van der Waals surface area contributed by atoms with Gasteiger partial charge in [-0.1, -0.05) is 24.3 Å². The van der Waals surface area contributed by atoms with Crippen LogP contribution in [0.25, 0.3) is 5.69 Å². The molecule has 132 valence electrons. The van der Waals surface area contributed by atoms with Crippen LogP contribution in [-0.2, 0) is 13.0 Å². The van der Waals surface area contributed by atoms with Crippen LogP contribution in [0, 0.1) is 13.8 Å². The molecular weight excluding hydrogens is 326 g/mol. The Kier molecular flexibility index (Phi) is 3.99. The molecule has 1 aliphatic heterocycles. The number of aromatic nitrogens is 2. The highest BCUT2D eigenvalue weighted by molar-refractivity contribution is 5.94. The van der Waals surface area contributed by atoms with Crippen molar-refractivity contribution in [2.75, 3.05) is 6.54 Å². The molecule has 4 rings (SSSR count). The SMILES string of the molecule is Cc1ccc(C(=O)N2CCc3[nH]n(-c4ccccc4)c(=O)c3C2)cc1C. The number of benzene rings is 2. The molecule has 3 aromatic rings. The number of amides is 1. The van der Waals surface area contributed by atoms with Crippen LogP contribution in [-0.4, -0.2) is 27.1 Å². The summed E-state index contributed by atoms with van der Waals surface area (Å²) < 4.78 is 1.56. The van der Waals surface area contributed by atoms with Crippen LogP contribution in [0.2, 0.25) is 0 Å². The third-order valence-corrected chi connectivity index (χ3v) is 5.11. The molecule has 1 N–H and O–H groups in total. The number of hydrogen-bond acceptors (Lipinski definition) is 2. The lowest BCUT2D eigenvalue weighted by Crippen LogP contribution is -2.37. The number of aryl methyl sites for hydroxylation is 2. The largest absolute Gasteiger partial charge is 0.334 e. The Morgan fingerprint density at radius 1 is 1.04 bits per heavy atom. The number of nitrogens with zero attached hydrogens (tertiary/aromatic N) is 2. The first-order chi connectivity index (χ1) is 12.5. The maximum absolute atomic E-state index is 12.9. The molecule has 0 unspecified atom stereocenters. The lowest BCUT2D eigenvalue weighted by molar-refractivity contribution is 0.0733. The van der Waals surface area contributed by atoms with E-state index in [1.165, 1.54) is 5.56 Å². The van der Waals surface area contributed by atoms with Crippen molar-refractivity contribution >= 4 is 5.91 Å². The van der Waals surface area contributed by atoms with Crippen molar-refractivity contribution in [2.24, 2.45) is 0 Å². The van der Waals surface area contributed by atoms with Gasteiger partial charge >= 0.3 is 0 Å². The number of para-hydroxylation sites is 1. The van der Waals surface area contributed by atoms with E-state index in [9.17, 15) is 9.59 Å². The number of nitrogens with one attached hydrogen (secondary N) is 1. The van der Waals surface area contributed by atoms with Gasteiger partial charge in [-0.05, 0) is 49.2 Å². The third-order valence-electron chi connectivity index (χ3n) is 5.11. The van der Waals surface area contributed by atoms with Gasteiger partial charge < -0.3 is 4.90 Å². The number of hydrogen-bond donors (Lipinski definition) is 1. The Labute approximate surface area is 151 Å². The van der Waals surface area contributed by atoms with Crippen LogP contribution in [0.1, 0.15) is 32.7 Å². The molecule has 2 heterocycles. The molecule has 0 saturated heterocycles. The van der Waals surface area contributed by atoms with Crippen LogP contribution >= 0.6 is 0 Å². The highest BCUT2D eigenvalue weighted by Crippen LogP contribution is 2.19. The summed E-state index contributed by atoms with van der Waals surface area (Å²) in [5.41, 5.74) is 5.26. The van der Waals surface area contributed by atoms with E-state index in [1.807, 2.05) is 62.4 Å². The first-order valence-electron chi connectivity index (χ1n) is 8.79. The fourth-order valence-corrected chi connectivity index (χ4v) is 3.39. The molecule has 0 radical (unpaired) electrons. The van der Waals surface area contributed by atoms with E-state index < -0.39 is 0 Å². The van der Waals surface area contributed by atoms with Crippen molar-refractivity contribution in [1.82, 2.24) is 14.7 Å². The minimum atomic E-state index is -0.0798. The maximum atomic E-state index is 12.9. The Morgan fingerprint density at radius 3 is 2.54 bits per heavy atom. The average molecular weight is 347 g/mol. The molecule has 1 aromatic heterocycles. The van der Waals surface area contributed by atoms with Gasteiger partial charge in [-0.25, -0.2) is 4.68 Å². The summed E-state index contributed by atoms with van der Waals surface area (Å²) in [4.78, 5) is 27.4. The number of H-pyrrole nitrogens is 1. The predicted molar refractivity (Wildman–Crippen MR) is 101 cm³/mol. The molecule has 0 bridgehead atoms. The van der Waals surface area contributed by atoms with E-state index in [4.69, 9.17) is 0 Å². The highest BCUT2D eigenvalue weighted by Gasteiger charge is 2.26. The summed E-state index contributed by atoms with van der Waals surface area (Å²) in [5.74, 6) is -0.0226. The molecule has 0 saturated carbocycles. The number of rotatable bonds is 2. The van der Waals surface area contributed by atoms with Crippen molar-refractivity contribution < 1.29 is 4.79 Å². The maximum Gasteiger partial charge on any atom is 0.276 e. The Morgan fingerprint density at radius 2 is 1.81 bits per heavy atom. The van der Waals surface area contributed by atoms with Gasteiger partial charge in [0.2, 0.25) is 0 Å². The Hall–Kier alpha value is -3.08.